The van der Waals surface area contributed by atoms with Gasteiger partial charge in [0.1, 0.15) is 11.8 Å². The minimum atomic E-state index is -0.504. The lowest BCUT2D eigenvalue weighted by Gasteiger charge is -2.01. The molecule has 106 valence electrons. The first kappa shape index (κ1) is 12.4. The summed E-state index contributed by atoms with van der Waals surface area (Å²) in [7, 11) is 0. The maximum atomic E-state index is 11.1. The summed E-state index contributed by atoms with van der Waals surface area (Å²) < 4.78 is 0. The van der Waals surface area contributed by atoms with Crippen molar-refractivity contribution in [3.63, 3.8) is 0 Å². The van der Waals surface area contributed by atoms with Crippen LogP contribution in [0.5, 0.6) is 0 Å². The summed E-state index contributed by atoms with van der Waals surface area (Å²) in [5.41, 5.74) is 2.49. The highest BCUT2D eigenvalue weighted by atomic mass is 16.6. The largest absolute Gasteiger partial charge is 0.372 e. The fourth-order valence-electron chi connectivity index (χ4n) is 2.51. The van der Waals surface area contributed by atoms with Crippen LogP contribution in [-0.4, -0.2) is 24.9 Å². The maximum absolute atomic E-state index is 11.1. The zero-order valence-corrected chi connectivity index (χ0v) is 11.2. The number of nitro groups is 1. The van der Waals surface area contributed by atoms with E-state index in [0.717, 1.165) is 16.3 Å². The number of H-pyrrole nitrogens is 1. The molecule has 0 fully saturated rings. The van der Waals surface area contributed by atoms with Gasteiger partial charge in [-0.25, -0.2) is 4.98 Å². The van der Waals surface area contributed by atoms with Gasteiger partial charge in [0.05, 0.1) is 16.8 Å². The van der Waals surface area contributed by atoms with Gasteiger partial charge in [0.25, 0.3) is 0 Å². The summed E-state index contributed by atoms with van der Waals surface area (Å²) in [4.78, 5) is 26.2. The van der Waals surface area contributed by atoms with Crippen molar-refractivity contribution < 1.29 is 4.92 Å². The highest BCUT2D eigenvalue weighted by Gasteiger charge is 2.17. The highest BCUT2D eigenvalue weighted by molar-refractivity contribution is 6.05. The van der Waals surface area contributed by atoms with Crippen molar-refractivity contribution in [2.24, 2.45) is 0 Å². The molecular formula is C15H9N5O2. The molecule has 0 saturated carbocycles. The van der Waals surface area contributed by atoms with E-state index in [-0.39, 0.29) is 5.82 Å². The second kappa shape index (κ2) is 4.59. The second-order valence-electron chi connectivity index (χ2n) is 4.77. The Hall–Kier alpha value is -3.35. The Kier molecular flexibility index (Phi) is 2.59. The minimum Gasteiger partial charge on any atom is -0.358 e. The molecule has 4 aromatic rings. The zero-order valence-electron chi connectivity index (χ0n) is 11.2. The van der Waals surface area contributed by atoms with E-state index >= 15 is 0 Å². The second-order valence-corrected chi connectivity index (χ2v) is 4.77. The fourth-order valence-corrected chi connectivity index (χ4v) is 2.51. The quantitative estimate of drug-likeness (QED) is 0.452. The lowest BCUT2D eigenvalue weighted by molar-refractivity contribution is -0.388. The maximum Gasteiger partial charge on any atom is 0.372 e. The highest BCUT2D eigenvalue weighted by Crippen LogP contribution is 2.29. The number of fused-ring (bicyclic) bond motifs is 3. The Labute approximate surface area is 123 Å². The molecule has 0 saturated heterocycles. The molecule has 0 radical (unpaired) electrons. The molecule has 0 amide bonds. The summed E-state index contributed by atoms with van der Waals surface area (Å²) >= 11 is 0. The molecule has 1 N–H and O–H groups in total. The number of hydrogen-bond donors (Lipinski definition) is 1. The van der Waals surface area contributed by atoms with E-state index in [0.29, 0.717) is 16.9 Å². The van der Waals surface area contributed by atoms with Crippen molar-refractivity contribution in [1.82, 2.24) is 19.9 Å². The number of nitrogens with one attached hydrogen (secondary N) is 1. The van der Waals surface area contributed by atoms with Crippen LogP contribution in [0.2, 0.25) is 0 Å². The molecule has 7 nitrogen and oxygen atoms in total. The summed E-state index contributed by atoms with van der Waals surface area (Å²) in [5.74, 6) is -0.202. The van der Waals surface area contributed by atoms with E-state index in [1.165, 1.54) is 6.20 Å². The lowest BCUT2D eigenvalue weighted by atomic mass is 10.1. The van der Waals surface area contributed by atoms with Crippen molar-refractivity contribution in [1.29, 1.82) is 0 Å². The van der Waals surface area contributed by atoms with Crippen molar-refractivity contribution in [2.45, 2.75) is 0 Å². The smallest absolute Gasteiger partial charge is 0.358 e. The first-order valence-corrected chi connectivity index (χ1v) is 6.56. The van der Waals surface area contributed by atoms with Crippen LogP contribution in [0.1, 0.15) is 0 Å². The topological polar surface area (TPSA) is 97.6 Å². The predicted octanol–water partition coefficient (Wildman–Crippen LogP) is 3.08. The molecule has 4 rings (SSSR count). The molecule has 4 aromatic heterocycles. The van der Waals surface area contributed by atoms with Crippen LogP contribution < -0.4 is 0 Å². The Morgan fingerprint density at radius 2 is 2.00 bits per heavy atom. The van der Waals surface area contributed by atoms with Gasteiger partial charge in [0.15, 0.2) is 0 Å². The van der Waals surface area contributed by atoms with Crippen LogP contribution in [0, 0.1) is 10.1 Å². The third-order valence-corrected chi connectivity index (χ3v) is 3.50. The fraction of sp³-hybridized carbons (Fsp3) is 0. The normalized spacial score (nSPS) is 11.1. The van der Waals surface area contributed by atoms with E-state index in [9.17, 15) is 10.1 Å². The molecule has 0 aliphatic rings. The van der Waals surface area contributed by atoms with Gasteiger partial charge in [-0.1, -0.05) is 0 Å². The predicted molar refractivity (Wildman–Crippen MR) is 81.3 cm³/mol. The first-order chi connectivity index (χ1) is 10.7. The third kappa shape index (κ3) is 1.80. The number of hydrogen-bond acceptors (Lipinski definition) is 5. The van der Waals surface area contributed by atoms with Crippen LogP contribution in [0.15, 0.2) is 48.9 Å². The SMILES string of the molecule is O=[N+]([O-])c1ncccc1-c1ccc2c(n1)[nH]c1ccncc12. The molecule has 7 heteroatoms. The molecule has 0 aliphatic carbocycles. The van der Waals surface area contributed by atoms with Gasteiger partial charge in [0.2, 0.25) is 0 Å². The van der Waals surface area contributed by atoms with Crippen LogP contribution in [0.4, 0.5) is 5.82 Å². The molecule has 22 heavy (non-hydrogen) atoms. The van der Waals surface area contributed by atoms with Crippen molar-refractivity contribution in [3.05, 3.63) is 59.0 Å². The standard InChI is InChI=1S/C15H9N5O2/c21-20(22)15-10(2-1-6-17-15)12-4-3-9-11-8-16-7-5-13(11)19-14(9)18-12/h1-8H,(H,18,19). The number of nitrogens with zero attached hydrogens (tertiary/aromatic N) is 4. The van der Waals surface area contributed by atoms with Crippen LogP contribution >= 0.6 is 0 Å². The Balaban J connectivity index is 1.97. The summed E-state index contributed by atoms with van der Waals surface area (Å²) in [6.07, 6.45) is 4.86. The Morgan fingerprint density at radius 1 is 1.09 bits per heavy atom. The molecule has 0 atom stereocenters. The van der Waals surface area contributed by atoms with Gasteiger partial charge in [-0.05, 0) is 40.2 Å². The van der Waals surface area contributed by atoms with E-state index in [1.54, 1.807) is 30.6 Å². The monoisotopic (exact) mass is 291 g/mol. The van der Waals surface area contributed by atoms with Crippen LogP contribution in [-0.2, 0) is 0 Å². The van der Waals surface area contributed by atoms with E-state index < -0.39 is 4.92 Å². The van der Waals surface area contributed by atoms with E-state index in [4.69, 9.17) is 0 Å². The number of rotatable bonds is 2. The third-order valence-electron chi connectivity index (χ3n) is 3.50. The van der Waals surface area contributed by atoms with Crippen molar-refractivity contribution in [3.8, 4) is 11.3 Å². The Morgan fingerprint density at radius 3 is 2.86 bits per heavy atom. The Bertz CT molecular complexity index is 1020. The van der Waals surface area contributed by atoms with Gasteiger partial charge < -0.3 is 15.1 Å². The zero-order chi connectivity index (χ0) is 15.1. The lowest BCUT2D eigenvalue weighted by Crippen LogP contribution is -1.96. The number of pyridine rings is 3. The average Bonchev–Trinajstić information content (AvgIpc) is 2.92. The summed E-state index contributed by atoms with van der Waals surface area (Å²) in [6.45, 7) is 0. The molecule has 0 spiro atoms. The van der Waals surface area contributed by atoms with E-state index in [1.807, 2.05) is 12.1 Å². The van der Waals surface area contributed by atoms with Crippen molar-refractivity contribution >= 4 is 27.8 Å². The molecule has 0 unspecified atom stereocenters. The van der Waals surface area contributed by atoms with Gasteiger partial charge in [-0.2, -0.15) is 0 Å². The van der Waals surface area contributed by atoms with Crippen LogP contribution in [0.3, 0.4) is 0 Å². The van der Waals surface area contributed by atoms with E-state index in [2.05, 4.69) is 19.9 Å². The first-order valence-electron chi connectivity index (χ1n) is 6.56. The summed E-state index contributed by atoms with van der Waals surface area (Å²) in [5, 5.41) is 13.0. The molecule has 0 aromatic carbocycles. The van der Waals surface area contributed by atoms with Gasteiger partial charge >= 0.3 is 5.82 Å². The molecule has 0 bridgehead atoms. The van der Waals surface area contributed by atoms with Crippen molar-refractivity contribution in [2.75, 3.05) is 0 Å². The number of aromatic nitrogens is 4. The van der Waals surface area contributed by atoms with Gasteiger partial charge in [-0.15, -0.1) is 0 Å². The van der Waals surface area contributed by atoms with Gasteiger partial charge in [0, 0.05) is 23.2 Å². The van der Waals surface area contributed by atoms with Gasteiger partial charge in [-0.3, -0.25) is 4.98 Å². The number of aromatic amines is 1. The van der Waals surface area contributed by atoms with Crippen LogP contribution in [0.25, 0.3) is 33.2 Å². The minimum absolute atomic E-state index is 0.202. The molecule has 0 aliphatic heterocycles. The summed E-state index contributed by atoms with van der Waals surface area (Å²) in [6, 6.07) is 8.80. The molecule has 4 heterocycles. The molecular weight excluding hydrogens is 282 g/mol. The average molecular weight is 291 g/mol.